The lowest BCUT2D eigenvalue weighted by atomic mass is 10.0. The molecule has 0 saturated heterocycles. The van der Waals surface area contributed by atoms with Gasteiger partial charge in [-0.2, -0.15) is 0 Å². The van der Waals surface area contributed by atoms with Crippen molar-refractivity contribution in [2.24, 2.45) is 0 Å². The quantitative estimate of drug-likeness (QED) is 0.715. The Morgan fingerprint density at radius 2 is 2.45 bits per heavy atom. The summed E-state index contributed by atoms with van der Waals surface area (Å²) in [6.07, 6.45) is 8.14. The molecule has 0 aliphatic heterocycles. The van der Waals surface area contributed by atoms with Crippen molar-refractivity contribution < 1.29 is 0 Å². The molecule has 11 heavy (non-hydrogen) atoms. The number of hydrogen-bond donors (Lipinski definition) is 1. The van der Waals surface area contributed by atoms with Crippen LogP contribution < -0.4 is 5.32 Å². The van der Waals surface area contributed by atoms with Crippen LogP contribution in [0.1, 0.15) is 19.3 Å². The molecule has 0 fully saturated rings. The molecule has 0 amide bonds. The number of nitrogens with one attached hydrogen (secondary N) is 1. The van der Waals surface area contributed by atoms with E-state index in [1.807, 2.05) is 0 Å². The third kappa shape index (κ3) is 3.73. The first-order valence-corrected chi connectivity index (χ1v) is 4.80. The van der Waals surface area contributed by atoms with E-state index in [0.717, 1.165) is 11.0 Å². The van der Waals surface area contributed by atoms with Gasteiger partial charge in [0.25, 0.3) is 0 Å². The van der Waals surface area contributed by atoms with Crippen LogP contribution in [0, 0.1) is 0 Å². The zero-order valence-corrected chi connectivity index (χ0v) is 8.23. The second-order valence-corrected chi connectivity index (χ2v) is 4.00. The topological polar surface area (TPSA) is 12.0 Å². The summed E-state index contributed by atoms with van der Waals surface area (Å²) in [5.74, 6) is 0. The first kappa shape index (κ1) is 9.01. The van der Waals surface area contributed by atoms with Gasteiger partial charge in [-0.1, -0.05) is 34.7 Å². The predicted molar refractivity (Wildman–Crippen MR) is 52.8 cm³/mol. The fourth-order valence-electron chi connectivity index (χ4n) is 1.23. The maximum absolute atomic E-state index is 3.78. The monoisotopic (exact) mass is 215 g/mol. The molecule has 1 aliphatic carbocycles. The van der Waals surface area contributed by atoms with E-state index in [1.54, 1.807) is 0 Å². The van der Waals surface area contributed by atoms with Crippen molar-refractivity contribution >= 4 is 15.9 Å². The Balaban J connectivity index is 2.16. The van der Waals surface area contributed by atoms with Gasteiger partial charge in [0.1, 0.15) is 0 Å². The molecule has 0 aromatic heterocycles. The minimum atomic E-state index is 0.661. The van der Waals surface area contributed by atoms with Crippen molar-refractivity contribution in [1.82, 2.24) is 5.32 Å². The average molecular weight is 216 g/mol. The van der Waals surface area contributed by atoms with Gasteiger partial charge in [0.05, 0.1) is 0 Å². The molecule has 0 aromatic rings. The Morgan fingerprint density at radius 1 is 1.64 bits per heavy atom. The summed E-state index contributed by atoms with van der Waals surface area (Å²) in [6, 6.07) is 0.661. The van der Waals surface area contributed by atoms with Gasteiger partial charge in [0.2, 0.25) is 0 Å². The molecule has 1 aliphatic rings. The van der Waals surface area contributed by atoms with Crippen LogP contribution in [0.5, 0.6) is 0 Å². The summed E-state index contributed by atoms with van der Waals surface area (Å²) < 4.78 is 1.03. The van der Waals surface area contributed by atoms with E-state index in [1.165, 1.54) is 19.3 Å². The van der Waals surface area contributed by atoms with Crippen LogP contribution in [-0.4, -0.2) is 12.6 Å². The lowest BCUT2D eigenvalue weighted by Crippen LogP contribution is -2.30. The third-order valence-corrected chi connectivity index (χ3v) is 2.13. The molecule has 62 valence electrons. The van der Waals surface area contributed by atoms with Crippen LogP contribution in [0.3, 0.4) is 0 Å². The normalized spacial score (nSPS) is 23.5. The van der Waals surface area contributed by atoms with Gasteiger partial charge < -0.3 is 5.32 Å². The van der Waals surface area contributed by atoms with Gasteiger partial charge in [0, 0.05) is 17.1 Å². The van der Waals surface area contributed by atoms with E-state index in [-0.39, 0.29) is 0 Å². The number of hydrogen-bond acceptors (Lipinski definition) is 1. The number of halogens is 1. The Kier molecular flexibility index (Phi) is 3.87. The second-order valence-electron chi connectivity index (χ2n) is 2.88. The van der Waals surface area contributed by atoms with Gasteiger partial charge in [-0.3, -0.25) is 0 Å². The molecule has 0 spiro atoms. The summed E-state index contributed by atoms with van der Waals surface area (Å²) in [7, 11) is 0. The fourth-order valence-corrected chi connectivity index (χ4v) is 1.40. The average Bonchev–Trinajstić information content (AvgIpc) is 2.03. The standard InChI is InChI=1S/C9H14BrN/c1-8(10)7-11-9-5-3-2-4-6-9/h2-3,9,11H,1,4-7H2. The van der Waals surface area contributed by atoms with Crippen molar-refractivity contribution in [3.05, 3.63) is 23.2 Å². The van der Waals surface area contributed by atoms with Gasteiger partial charge in [-0.05, 0) is 19.3 Å². The van der Waals surface area contributed by atoms with Crippen molar-refractivity contribution in [3.63, 3.8) is 0 Å². The van der Waals surface area contributed by atoms with Crippen LogP contribution in [0.2, 0.25) is 0 Å². The van der Waals surface area contributed by atoms with E-state index in [4.69, 9.17) is 0 Å². The zero-order valence-electron chi connectivity index (χ0n) is 6.65. The van der Waals surface area contributed by atoms with Crippen LogP contribution >= 0.6 is 15.9 Å². The Morgan fingerprint density at radius 3 is 3.00 bits per heavy atom. The molecule has 1 nitrogen and oxygen atoms in total. The molecule has 1 rings (SSSR count). The van der Waals surface area contributed by atoms with Crippen molar-refractivity contribution in [2.45, 2.75) is 25.3 Å². The largest absolute Gasteiger partial charge is 0.309 e. The molecule has 0 heterocycles. The second kappa shape index (κ2) is 4.73. The summed E-state index contributed by atoms with van der Waals surface area (Å²) in [6.45, 7) is 4.66. The lowest BCUT2D eigenvalue weighted by Gasteiger charge is -2.18. The fraction of sp³-hybridized carbons (Fsp3) is 0.556. The Hall–Kier alpha value is -0.0800. The summed E-state index contributed by atoms with van der Waals surface area (Å²) in [4.78, 5) is 0. The van der Waals surface area contributed by atoms with Crippen LogP contribution in [-0.2, 0) is 0 Å². The van der Waals surface area contributed by atoms with Crippen molar-refractivity contribution in [2.75, 3.05) is 6.54 Å². The maximum Gasteiger partial charge on any atom is 0.0268 e. The Labute approximate surface area is 76.7 Å². The van der Waals surface area contributed by atoms with E-state index < -0.39 is 0 Å². The molecule has 2 heteroatoms. The third-order valence-electron chi connectivity index (χ3n) is 1.85. The highest BCUT2D eigenvalue weighted by molar-refractivity contribution is 9.11. The van der Waals surface area contributed by atoms with E-state index in [2.05, 4.69) is 40.0 Å². The number of rotatable bonds is 3. The molecule has 0 saturated carbocycles. The van der Waals surface area contributed by atoms with Gasteiger partial charge in [-0.15, -0.1) is 0 Å². The molecule has 0 aromatic carbocycles. The van der Waals surface area contributed by atoms with Gasteiger partial charge >= 0.3 is 0 Å². The SMILES string of the molecule is C=C(Br)CNC1CC=CCC1. The molecular formula is C9H14BrN. The van der Waals surface area contributed by atoms with Crippen LogP contribution in [0.15, 0.2) is 23.2 Å². The van der Waals surface area contributed by atoms with Gasteiger partial charge in [-0.25, -0.2) is 0 Å². The van der Waals surface area contributed by atoms with Crippen molar-refractivity contribution in [3.8, 4) is 0 Å². The Bertz CT molecular complexity index is 163. The first-order valence-electron chi connectivity index (χ1n) is 4.00. The highest BCUT2D eigenvalue weighted by atomic mass is 79.9. The lowest BCUT2D eigenvalue weighted by molar-refractivity contribution is 0.498. The van der Waals surface area contributed by atoms with Crippen LogP contribution in [0.4, 0.5) is 0 Å². The smallest absolute Gasteiger partial charge is 0.0268 e. The summed E-state index contributed by atoms with van der Waals surface area (Å²) in [5.41, 5.74) is 0. The highest BCUT2D eigenvalue weighted by Gasteiger charge is 2.07. The number of allylic oxidation sites excluding steroid dienone is 1. The molecule has 0 radical (unpaired) electrons. The molecular weight excluding hydrogens is 202 g/mol. The summed E-state index contributed by atoms with van der Waals surface area (Å²) in [5, 5.41) is 3.42. The minimum absolute atomic E-state index is 0.661. The van der Waals surface area contributed by atoms with E-state index in [9.17, 15) is 0 Å². The van der Waals surface area contributed by atoms with Crippen molar-refractivity contribution in [1.29, 1.82) is 0 Å². The first-order chi connectivity index (χ1) is 5.29. The van der Waals surface area contributed by atoms with Crippen LogP contribution in [0.25, 0.3) is 0 Å². The maximum atomic E-state index is 3.78. The highest BCUT2D eigenvalue weighted by Crippen LogP contribution is 2.11. The predicted octanol–water partition coefficient (Wildman–Crippen LogP) is 2.59. The minimum Gasteiger partial charge on any atom is -0.309 e. The zero-order chi connectivity index (χ0) is 8.10. The molecule has 1 atom stereocenters. The molecule has 1 N–H and O–H groups in total. The summed E-state index contributed by atoms with van der Waals surface area (Å²) >= 11 is 3.33. The van der Waals surface area contributed by atoms with E-state index >= 15 is 0 Å². The molecule has 1 unspecified atom stereocenters. The van der Waals surface area contributed by atoms with E-state index in [0.29, 0.717) is 6.04 Å². The molecule has 0 bridgehead atoms. The van der Waals surface area contributed by atoms with Gasteiger partial charge in [0.15, 0.2) is 0 Å².